The van der Waals surface area contributed by atoms with Gasteiger partial charge in [-0.2, -0.15) is 0 Å². The van der Waals surface area contributed by atoms with Crippen LogP contribution in [0.1, 0.15) is 20.3 Å². The van der Waals surface area contributed by atoms with Gasteiger partial charge in [-0.05, 0) is 13.3 Å². The molecule has 5 heteroatoms. The minimum Gasteiger partial charge on any atom is -0.781 e. The van der Waals surface area contributed by atoms with Gasteiger partial charge >= 0.3 is 17.1 Å². The number of hydrogen-bond acceptors (Lipinski definition) is 3. The quantitative estimate of drug-likeness (QED) is 0.494. The summed E-state index contributed by atoms with van der Waals surface area (Å²) in [6, 6.07) is 0. The van der Waals surface area contributed by atoms with E-state index in [1.807, 2.05) is 6.92 Å². The molecule has 0 spiro atoms. The monoisotopic (exact) mass is 200 g/mol. The third-order valence-corrected chi connectivity index (χ3v) is 1.47. The van der Waals surface area contributed by atoms with Crippen LogP contribution in [0.2, 0.25) is 0 Å². The number of rotatable bonds is 3. The van der Waals surface area contributed by atoms with Crippen molar-refractivity contribution in [1.82, 2.24) is 0 Å². The van der Waals surface area contributed by atoms with Gasteiger partial charge in [0, 0.05) is 0 Å². The summed E-state index contributed by atoms with van der Waals surface area (Å²) in [5, 5.41) is 0. The van der Waals surface area contributed by atoms with E-state index in [0.29, 0.717) is 0 Å². The van der Waals surface area contributed by atoms with Crippen molar-refractivity contribution in [2.45, 2.75) is 26.4 Å². The van der Waals surface area contributed by atoms with Crippen LogP contribution in [-0.2, 0) is 26.2 Å². The first-order valence-electron chi connectivity index (χ1n) is 2.54. The molecular weight excluding hydrogens is 191 g/mol. The van der Waals surface area contributed by atoms with Crippen LogP contribution in [0.5, 0.6) is 0 Å². The van der Waals surface area contributed by atoms with Gasteiger partial charge in [-0.25, -0.2) is 0 Å². The second kappa shape index (κ2) is 6.78. The molecule has 0 N–H and O–H groups in total. The van der Waals surface area contributed by atoms with Gasteiger partial charge in [0.15, 0.2) is 0 Å². The zero-order chi connectivity index (χ0) is 6.57. The van der Waals surface area contributed by atoms with E-state index in [9.17, 15) is 9.46 Å². The van der Waals surface area contributed by atoms with Crippen molar-refractivity contribution in [3.05, 3.63) is 0 Å². The molecule has 0 bridgehead atoms. The van der Waals surface area contributed by atoms with E-state index in [4.69, 9.17) is 0 Å². The summed E-state index contributed by atoms with van der Waals surface area (Å²) in [5.74, 6) is 0. The van der Waals surface area contributed by atoms with Crippen molar-refractivity contribution in [2.24, 2.45) is 0 Å². The molecule has 0 aliphatic rings. The molecular formula is C4H10CuO3P. The van der Waals surface area contributed by atoms with Gasteiger partial charge in [-0.15, -0.1) is 0 Å². The summed E-state index contributed by atoms with van der Waals surface area (Å²) in [5.41, 5.74) is 0. The van der Waals surface area contributed by atoms with Crippen molar-refractivity contribution < 1.29 is 31.1 Å². The molecule has 2 atom stereocenters. The summed E-state index contributed by atoms with van der Waals surface area (Å²) in [6.07, 6.45) is 0.581. The fourth-order valence-electron chi connectivity index (χ4n) is 0.248. The molecule has 0 radical (unpaired) electrons. The third-order valence-electron chi connectivity index (χ3n) is 0.872. The van der Waals surface area contributed by atoms with Crippen molar-refractivity contribution in [3.8, 4) is 0 Å². The SMILES string of the molecule is CCC(C)O[PH](=O)[O-].[Cu+]. The zero-order valence-corrected chi connectivity index (χ0v) is 7.25. The molecule has 3 nitrogen and oxygen atoms in total. The van der Waals surface area contributed by atoms with Crippen molar-refractivity contribution in [3.63, 3.8) is 0 Å². The molecule has 0 saturated carbocycles. The minimum absolute atomic E-state index is 0. The largest absolute Gasteiger partial charge is 1.00 e. The van der Waals surface area contributed by atoms with Gasteiger partial charge in [-0.1, -0.05) is 6.92 Å². The second-order valence-electron chi connectivity index (χ2n) is 1.59. The molecule has 0 rings (SSSR count). The van der Waals surface area contributed by atoms with Crippen LogP contribution in [-0.4, -0.2) is 6.10 Å². The summed E-state index contributed by atoms with van der Waals surface area (Å²) >= 11 is 0. The molecule has 0 aromatic rings. The fraction of sp³-hybridized carbons (Fsp3) is 1.00. The summed E-state index contributed by atoms with van der Waals surface area (Å²) in [7, 11) is -2.95. The molecule has 60 valence electrons. The smallest absolute Gasteiger partial charge is 0.781 e. The maximum atomic E-state index is 9.82. The Morgan fingerprint density at radius 2 is 2.22 bits per heavy atom. The Balaban J connectivity index is 0. The van der Waals surface area contributed by atoms with E-state index in [1.165, 1.54) is 0 Å². The molecule has 0 fully saturated rings. The molecule has 9 heavy (non-hydrogen) atoms. The second-order valence-corrected chi connectivity index (χ2v) is 2.32. The predicted octanol–water partition coefficient (Wildman–Crippen LogP) is 0.549. The first kappa shape index (κ1) is 12.4. The van der Waals surface area contributed by atoms with Crippen molar-refractivity contribution >= 4 is 8.25 Å². The predicted molar refractivity (Wildman–Crippen MR) is 29.8 cm³/mol. The van der Waals surface area contributed by atoms with Crippen LogP contribution < -0.4 is 4.89 Å². The Morgan fingerprint density at radius 3 is 2.33 bits per heavy atom. The van der Waals surface area contributed by atoms with E-state index >= 15 is 0 Å². The molecule has 2 unspecified atom stereocenters. The maximum Gasteiger partial charge on any atom is 1.00 e. The van der Waals surface area contributed by atoms with Gasteiger partial charge < -0.3 is 14.0 Å². The molecule has 0 aromatic heterocycles. The molecule has 0 aromatic carbocycles. The Hall–Kier alpha value is 0.669. The normalized spacial score (nSPS) is 15.9. The molecule has 0 aliphatic heterocycles. The van der Waals surface area contributed by atoms with Gasteiger partial charge in [0.1, 0.15) is 8.25 Å². The van der Waals surface area contributed by atoms with Gasteiger partial charge in [0.05, 0.1) is 6.10 Å². The molecule has 0 heterocycles. The maximum absolute atomic E-state index is 9.82. The van der Waals surface area contributed by atoms with Crippen LogP contribution >= 0.6 is 8.25 Å². The average Bonchev–Trinajstić information content (AvgIpc) is 1.65. The Labute approximate surface area is 66.2 Å². The Morgan fingerprint density at radius 1 is 1.78 bits per heavy atom. The van der Waals surface area contributed by atoms with Crippen molar-refractivity contribution in [2.75, 3.05) is 0 Å². The topological polar surface area (TPSA) is 49.4 Å². The molecule has 0 saturated heterocycles. The summed E-state index contributed by atoms with van der Waals surface area (Å²) in [4.78, 5) is 9.82. The Bertz CT molecular complexity index is 87.9. The minimum atomic E-state index is -2.95. The van der Waals surface area contributed by atoms with Crippen molar-refractivity contribution in [1.29, 1.82) is 0 Å². The van der Waals surface area contributed by atoms with Crippen LogP contribution in [0.3, 0.4) is 0 Å². The molecule has 0 amide bonds. The van der Waals surface area contributed by atoms with E-state index in [0.717, 1.165) is 6.42 Å². The fourth-order valence-corrected chi connectivity index (χ4v) is 0.743. The number of hydrogen-bond donors (Lipinski definition) is 0. The van der Waals surface area contributed by atoms with Gasteiger partial charge in [-0.3, -0.25) is 0 Å². The van der Waals surface area contributed by atoms with Crippen LogP contribution in [0.25, 0.3) is 0 Å². The van der Waals surface area contributed by atoms with Gasteiger partial charge in [0.25, 0.3) is 0 Å². The van der Waals surface area contributed by atoms with Gasteiger partial charge in [0.2, 0.25) is 0 Å². The average molecular weight is 201 g/mol. The summed E-state index contributed by atoms with van der Waals surface area (Å²) in [6.45, 7) is 3.59. The first-order chi connectivity index (χ1) is 3.66. The van der Waals surface area contributed by atoms with E-state index in [1.54, 1.807) is 6.92 Å². The summed E-state index contributed by atoms with van der Waals surface area (Å²) < 4.78 is 14.2. The van der Waals surface area contributed by atoms with Crippen LogP contribution in [0.4, 0.5) is 0 Å². The third kappa shape index (κ3) is 8.67. The van der Waals surface area contributed by atoms with E-state index in [2.05, 4.69) is 4.52 Å². The zero-order valence-electron chi connectivity index (χ0n) is 5.31. The molecule has 0 aliphatic carbocycles. The Kier molecular flexibility index (Phi) is 9.31. The van der Waals surface area contributed by atoms with E-state index in [-0.39, 0.29) is 23.2 Å². The van der Waals surface area contributed by atoms with E-state index < -0.39 is 8.25 Å². The van der Waals surface area contributed by atoms with Crippen LogP contribution in [0.15, 0.2) is 0 Å². The first-order valence-corrected chi connectivity index (χ1v) is 3.77. The van der Waals surface area contributed by atoms with Crippen LogP contribution in [0, 0.1) is 0 Å². The standard InChI is InChI=1S/C4H11O3P.Cu/c1-3-4(2)7-8(5)6;/h4,8H,3H2,1-2H3,(H,5,6);/q;+1/p-1.